The molecule has 0 rings (SSSR count). The average molecular weight is 943 g/mol. The average Bonchev–Trinajstić information content (AvgIpc) is 3.32. The highest BCUT2D eigenvalue weighted by molar-refractivity contribution is 5.69. The molecule has 390 valence electrons. The van der Waals surface area contributed by atoms with Crippen molar-refractivity contribution in [1.82, 2.24) is 0 Å². The highest BCUT2D eigenvalue weighted by atomic mass is 16.6. The number of carbonyl (C=O) groups is 2. The van der Waals surface area contributed by atoms with Gasteiger partial charge in [-0.3, -0.25) is 9.59 Å². The van der Waals surface area contributed by atoms with Crippen LogP contribution >= 0.6 is 0 Å². The van der Waals surface area contributed by atoms with Crippen LogP contribution in [0.2, 0.25) is 0 Å². The molecule has 12 heteroatoms. The van der Waals surface area contributed by atoms with E-state index in [4.69, 9.17) is 47.4 Å². The Bertz CT molecular complexity index is 932. The number of ether oxygens (including phenoxy) is 10. The molecular formula is C54H102O12. The van der Waals surface area contributed by atoms with Crippen molar-refractivity contribution in [2.75, 3.05) is 119 Å². The summed E-state index contributed by atoms with van der Waals surface area (Å²) in [5, 5.41) is 0. The van der Waals surface area contributed by atoms with Crippen molar-refractivity contribution >= 4 is 11.9 Å². The van der Waals surface area contributed by atoms with Gasteiger partial charge in [-0.15, -0.1) is 0 Å². The molecule has 0 amide bonds. The third-order valence-corrected chi connectivity index (χ3v) is 10.9. The van der Waals surface area contributed by atoms with Crippen LogP contribution in [0.25, 0.3) is 0 Å². The van der Waals surface area contributed by atoms with Crippen LogP contribution in [0, 0.1) is 0 Å². The molecule has 0 aliphatic carbocycles. The summed E-state index contributed by atoms with van der Waals surface area (Å²) in [6.07, 6.45) is 42.6. The number of rotatable bonds is 57. The minimum Gasteiger partial charge on any atom is -0.463 e. The van der Waals surface area contributed by atoms with E-state index in [-0.39, 0.29) is 25.2 Å². The van der Waals surface area contributed by atoms with Gasteiger partial charge in [-0.25, -0.2) is 0 Å². The summed E-state index contributed by atoms with van der Waals surface area (Å²) >= 11 is 0. The number of hydrogen-bond acceptors (Lipinski definition) is 12. The van der Waals surface area contributed by atoms with Gasteiger partial charge in [0.25, 0.3) is 0 Å². The maximum Gasteiger partial charge on any atom is 0.305 e. The number of unbranched alkanes of at least 4 members (excludes halogenated alkanes) is 22. The SMILES string of the molecule is CCCCCCCCC=CCCCCCCCC(=O)OCCOCCOCCOCCOCCOCCOCCOCCOCCOC(=O)CCCCCCCC=CCCCCCCCC. The first-order chi connectivity index (χ1) is 32.7. The molecule has 0 aromatic carbocycles. The Morgan fingerprint density at radius 3 is 0.697 bits per heavy atom. The van der Waals surface area contributed by atoms with Gasteiger partial charge in [0.15, 0.2) is 0 Å². The molecule has 0 heterocycles. The first kappa shape index (κ1) is 64.1. The summed E-state index contributed by atoms with van der Waals surface area (Å²) in [4.78, 5) is 23.9. The van der Waals surface area contributed by atoms with E-state index >= 15 is 0 Å². The van der Waals surface area contributed by atoms with Crippen molar-refractivity contribution in [1.29, 1.82) is 0 Å². The van der Waals surface area contributed by atoms with Crippen LogP contribution in [0.4, 0.5) is 0 Å². The van der Waals surface area contributed by atoms with E-state index in [0.717, 1.165) is 25.7 Å². The predicted molar refractivity (Wildman–Crippen MR) is 267 cm³/mol. The topological polar surface area (TPSA) is 126 Å². The maximum absolute atomic E-state index is 11.9. The lowest BCUT2D eigenvalue weighted by atomic mass is 10.1. The molecule has 0 radical (unpaired) electrons. The third-order valence-electron chi connectivity index (χ3n) is 10.9. The Balaban J connectivity index is 3.20. The van der Waals surface area contributed by atoms with Gasteiger partial charge in [-0.1, -0.05) is 141 Å². The smallest absolute Gasteiger partial charge is 0.305 e. The Labute approximate surface area is 404 Å². The number of carbonyl (C=O) groups excluding carboxylic acids is 2. The summed E-state index contributed by atoms with van der Waals surface area (Å²) in [5.41, 5.74) is 0. The third kappa shape index (κ3) is 58.2. The lowest BCUT2D eigenvalue weighted by Gasteiger charge is -2.09. The molecule has 0 aliphatic rings. The van der Waals surface area contributed by atoms with Gasteiger partial charge in [0.05, 0.1) is 106 Å². The van der Waals surface area contributed by atoms with E-state index in [1.807, 2.05) is 0 Å². The van der Waals surface area contributed by atoms with Gasteiger partial charge in [-0.05, 0) is 64.2 Å². The lowest BCUT2D eigenvalue weighted by molar-refractivity contribution is -0.146. The summed E-state index contributed by atoms with van der Waals surface area (Å²) in [6.45, 7) is 12.5. The van der Waals surface area contributed by atoms with Crippen LogP contribution in [0.1, 0.15) is 194 Å². The van der Waals surface area contributed by atoms with E-state index in [2.05, 4.69) is 38.2 Å². The molecule has 0 fully saturated rings. The van der Waals surface area contributed by atoms with E-state index in [9.17, 15) is 9.59 Å². The zero-order valence-corrected chi connectivity index (χ0v) is 42.7. The molecule has 12 nitrogen and oxygen atoms in total. The summed E-state index contributed by atoms with van der Waals surface area (Å²) < 4.78 is 54.6. The van der Waals surface area contributed by atoms with Gasteiger partial charge < -0.3 is 47.4 Å². The fourth-order valence-corrected chi connectivity index (χ4v) is 6.89. The second-order valence-electron chi connectivity index (χ2n) is 17.0. The van der Waals surface area contributed by atoms with E-state index in [0.29, 0.717) is 119 Å². The van der Waals surface area contributed by atoms with Crippen LogP contribution in [0.5, 0.6) is 0 Å². The van der Waals surface area contributed by atoms with E-state index < -0.39 is 0 Å². The molecule has 0 aliphatic heterocycles. The quantitative estimate of drug-likeness (QED) is 0.0327. The first-order valence-corrected chi connectivity index (χ1v) is 26.9. The summed E-state index contributed by atoms with van der Waals surface area (Å²) in [5.74, 6) is -0.285. The van der Waals surface area contributed by atoms with Crippen molar-refractivity contribution in [2.24, 2.45) is 0 Å². The Kier molecular flexibility index (Phi) is 57.5. The fraction of sp³-hybridized carbons (Fsp3) is 0.889. The van der Waals surface area contributed by atoms with Gasteiger partial charge in [0.2, 0.25) is 0 Å². The zero-order chi connectivity index (χ0) is 47.6. The fourth-order valence-electron chi connectivity index (χ4n) is 6.89. The van der Waals surface area contributed by atoms with Gasteiger partial charge in [0, 0.05) is 12.8 Å². The van der Waals surface area contributed by atoms with Crippen LogP contribution in [0.15, 0.2) is 24.3 Å². The van der Waals surface area contributed by atoms with Crippen molar-refractivity contribution in [3.8, 4) is 0 Å². The number of allylic oxidation sites excluding steroid dienone is 4. The number of esters is 2. The molecule has 0 aromatic heterocycles. The molecule has 0 spiro atoms. The molecule has 0 N–H and O–H groups in total. The molecular weight excluding hydrogens is 841 g/mol. The monoisotopic (exact) mass is 943 g/mol. The Hall–Kier alpha value is -1.90. The lowest BCUT2D eigenvalue weighted by Crippen LogP contribution is -2.15. The highest BCUT2D eigenvalue weighted by Crippen LogP contribution is 2.12. The molecule has 0 aromatic rings. The number of hydrogen-bond donors (Lipinski definition) is 0. The van der Waals surface area contributed by atoms with E-state index in [1.165, 1.54) is 141 Å². The summed E-state index contributed by atoms with van der Waals surface area (Å²) in [6, 6.07) is 0. The molecule has 0 saturated heterocycles. The first-order valence-electron chi connectivity index (χ1n) is 26.9. The van der Waals surface area contributed by atoms with Gasteiger partial charge in [-0.2, -0.15) is 0 Å². The largest absolute Gasteiger partial charge is 0.463 e. The standard InChI is InChI=1S/C54H102O12/c1-3-5-7-9-11-13-15-17-19-21-23-25-27-29-31-33-53(55)65-51-49-63-47-45-61-43-41-59-39-37-57-35-36-58-38-40-60-42-44-62-46-48-64-50-52-66-54(56)34-32-30-28-26-24-22-20-18-16-14-12-10-8-6-4-2/h17-20H,3-16,21-52H2,1-2H3. The minimum atomic E-state index is -0.143. The molecule has 0 bridgehead atoms. The van der Waals surface area contributed by atoms with Crippen LogP contribution in [-0.4, -0.2) is 131 Å². The van der Waals surface area contributed by atoms with Crippen LogP contribution in [-0.2, 0) is 57.0 Å². The normalized spacial score (nSPS) is 11.7. The Morgan fingerprint density at radius 2 is 0.455 bits per heavy atom. The molecule has 66 heavy (non-hydrogen) atoms. The Morgan fingerprint density at radius 1 is 0.258 bits per heavy atom. The van der Waals surface area contributed by atoms with Gasteiger partial charge in [0.1, 0.15) is 13.2 Å². The van der Waals surface area contributed by atoms with E-state index in [1.54, 1.807) is 0 Å². The zero-order valence-electron chi connectivity index (χ0n) is 42.7. The molecule has 0 saturated carbocycles. The minimum absolute atomic E-state index is 0.143. The second kappa shape index (κ2) is 59.2. The second-order valence-corrected chi connectivity index (χ2v) is 17.0. The maximum atomic E-state index is 11.9. The molecule has 0 atom stereocenters. The van der Waals surface area contributed by atoms with Crippen molar-refractivity contribution < 1.29 is 57.0 Å². The predicted octanol–water partition coefficient (Wildman–Crippen LogP) is 12.3. The van der Waals surface area contributed by atoms with Crippen molar-refractivity contribution in [3.05, 3.63) is 24.3 Å². The van der Waals surface area contributed by atoms with Gasteiger partial charge >= 0.3 is 11.9 Å². The van der Waals surface area contributed by atoms with Crippen molar-refractivity contribution in [2.45, 2.75) is 194 Å². The highest BCUT2D eigenvalue weighted by Gasteiger charge is 2.04. The summed E-state index contributed by atoms with van der Waals surface area (Å²) in [7, 11) is 0. The van der Waals surface area contributed by atoms with Crippen molar-refractivity contribution in [3.63, 3.8) is 0 Å². The molecule has 0 unspecified atom stereocenters. The van der Waals surface area contributed by atoms with Crippen LogP contribution in [0.3, 0.4) is 0 Å². The van der Waals surface area contributed by atoms with Crippen LogP contribution < -0.4 is 0 Å².